The van der Waals surface area contributed by atoms with E-state index in [4.69, 9.17) is 4.74 Å². The Labute approximate surface area is 152 Å². The number of hydrogen-bond donors (Lipinski definition) is 2. The van der Waals surface area contributed by atoms with E-state index in [1.54, 1.807) is 0 Å². The van der Waals surface area contributed by atoms with Gasteiger partial charge in [0, 0.05) is 49.3 Å². The van der Waals surface area contributed by atoms with Crippen LogP contribution in [-0.2, 0) is 20.7 Å². The van der Waals surface area contributed by atoms with Gasteiger partial charge >= 0.3 is 0 Å². The molecule has 2 fully saturated rings. The highest BCUT2D eigenvalue weighted by molar-refractivity contribution is 7.99. The number of carbonyl (C=O) groups is 2. The lowest BCUT2D eigenvalue weighted by atomic mass is 10.1. The summed E-state index contributed by atoms with van der Waals surface area (Å²) in [5.74, 6) is 2.20. The summed E-state index contributed by atoms with van der Waals surface area (Å²) >= 11 is 1.90. The molecule has 1 unspecified atom stereocenters. The highest BCUT2D eigenvalue weighted by Gasteiger charge is 2.18. The molecule has 3 rings (SSSR count). The summed E-state index contributed by atoms with van der Waals surface area (Å²) in [6.07, 6.45) is 0.815. The van der Waals surface area contributed by atoms with E-state index < -0.39 is 0 Å². The van der Waals surface area contributed by atoms with Crippen LogP contribution in [-0.4, -0.2) is 67.1 Å². The smallest absolute Gasteiger partial charge is 0.227 e. The van der Waals surface area contributed by atoms with Gasteiger partial charge in [-0.15, -0.1) is 0 Å². The molecule has 2 amide bonds. The Bertz CT molecular complexity index is 582. The Hall–Kier alpha value is -1.57. The van der Waals surface area contributed by atoms with Gasteiger partial charge in [-0.2, -0.15) is 11.8 Å². The van der Waals surface area contributed by atoms with Gasteiger partial charge in [-0.3, -0.25) is 9.59 Å². The topological polar surface area (TPSA) is 70.7 Å². The van der Waals surface area contributed by atoms with Crippen molar-refractivity contribution in [3.8, 4) is 0 Å². The second-order valence-corrected chi connectivity index (χ2v) is 7.57. The first-order valence-corrected chi connectivity index (χ1v) is 9.91. The molecule has 1 aromatic rings. The summed E-state index contributed by atoms with van der Waals surface area (Å²) in [7, 11) is 0. The average molecular weight is 363 g/mol. The standard InChI is InChI=1S/C18H25N3O3S/c22-17(12-16-13-24-8-5-19-16)20-15-3-1-14(2-4-15)11-18(23)21-6-9-25-10-7-21/h1-4,16,19H,5-13H2,(H,20,22). The third-order valence-corrected chi connectivity index (χ3v) is 5.33. The summed E-state index contributed by atoms with van der Waals surface area (Å²) in [6, 6.07) is 7.62. The summed E-state index contributed by atoms with van der Waals surface area (Å²) in [4.78, 5) is 26.3. The van der Waals surface area contributed by atoms with Crippen LogP contribution >= 0.6 is 11.8 Å². The van der Waals surface area contributed by atoms with Gasteiger partial charge in [0.2, 0.25) is 11.8 Å². The van der Waals surface area contributed by atoms with Gasteiger partial charge in [-0.05, 0) is 17.7 Å². The number of morpholine rings is 1. The van der Waals surface area contributed by atoms with Crippen LogP contribution in [0.5, 0.6) is 0 Å². The van der Waals surface area contributed by atoms with E-state index in [-0.39, 0.29) is 17.9 Å². The van der Waals surface area contributed by atoms with Crippen molar-refractivity contribution in [3.63, 3.8) is 0 Å². The van der Waals surface area contributed by atoms with Crippen molar-refractivity contribution in [3.05, 3.63) is 29.8 Å². The van der Waals surface area contributed by atoms with E-state index in [1.165, 1.54) is 0 Å². The number of nitrogens with zero attached hydrogens (tertiary/aromatic N) is 1. The maximum Gasteiger partial charge on any atom is 0.227 e. The first-order chi connectivity index (χ1) is 12.2. The Morgan fingerprint density at radius 3 is 2.68 bits per heavy atom. The maximum absolute atomic E-state index is 12.3. The lowest BCUT2D eigenvalue weighted by Crippen LogP contribution is -2.43. The molecule has 2 saturated heterocycles. The van der Waals surface area contributed by atoms with Crippen molar-refractivity contribution in [1.82, 2.24) is 10.2 Å². The first kappa shape index (κ1) is 18.2. The molecule has 0 radical (unpaired) electrons. The molecule has 0 bridgehead atoms. The molecule has 2 aliphatic heterocycles. The number of thioether (sulfide) groups is 1. The quantitative estimate of drug-likeness (QED) is 0.820. The van der Waals surface area contributed by atoms with Crippen LogP contribution in [0.4, 0.5) is 5.69 Å². The molecule has 136 valence electrons. The minimum atomic E-state index is -0.0300. The van der Waals surface area contributed by atoms with Crippen LogP contribution in [0.1, 0.15) is 12.0 Å². The van der Waals surface area contributed by atoms with Crippen molar-refractivity contribution >= 4 is 29.3 Å². The highest BCUT2D eigenvalue weighted by atomic mass is 32.2. The zero-order valence-corrected chi connectivity index (χ0v) is 15.1. The second-order valence-electron chi connectivity index (χ2n) is 6.35. The van der Waals surface area contributed by atoms with Gasteiger partial charge in [-0.1, -0.05) is 12.1 Å². The van der Waals surface area contributed by atoms with Crippen LogP contribution in [0.15, 0.2) is 24.3 Å². The third-order valence-electron chi connectivity index (χ3n) is 4.39. The molecule has 2 aliphatic rings. The van der Waals surface area contributed by atoms with Gasteiger partial charge < -0.3 is 20.3 Å². The molecule has 1 atom stereocenters. The molecule has 2 heterocycles. The normalized spacial score (nSPS) is 21.0. The fourth-order valence-electron chi connectivity index (χ4n) is 2.99. The Morgan fingerprint density at radius 2 is 2.00 bits per heavy atom. The SMILES string of the molecule is O=C(CC1COCCN1)Nc1ccc(CC(=O)N2CCSCC2)cc1. The van der Waals surface area contributed by atoms with E-state index in [9.17, 15) is 9.59 Å². The van der Waals surface area contributed by atoms with Crippen molar-refractivity contribution in [2.75, 3.05) is 49.7 Å². The largest absolute Gasteiger partial charge is 0.378 e. The molecule has 6 nitrogen and oxygen atoms in total. The summed E-state index contributed by atoms with van der Waals surface area (Å²) in [5, 5.41) is 6.17. The molecular formula is C18H25N3O3S. The molecule has 2 N–H and O–H groups in total. The molecule has 0 aromatic heterocycles. The van der Waals surface area contributed by atoms with Crippen molar-refractivity contribution in [2.24, 2.45) is 0 Å². The lowest BCUT2D eigenvalue weighted by molar-refractivity contribution is -0.130. The van der Waals surface area contributed by atoms with Gasteiger partial charge in [0.05, 0.1) is 19.6 Å². The van der Waals surface area contributed by atoms with Gasteiger partial charge in [0.15, 0.2) is 0 Å². The molecule has 25 heavy (non-hydrogen) atoms. The highest BCUT2D eigenvalue weighted by Crippen LogP contribution is 2.14. The van der Waals surface area contributed by atoms with E-state index in [2.05, 4.69) is 10.6 Å². The van der Waals surface area contributed by atoms with Crippen molar-refractivity contribution in [1.29, 1.82) is 0 Å². The molecule has 0 aliphatic carbocycles. The average Bonchev–Trinajstić information content (AvgIpc) is 2.65. The van der Waals surface area contributed by atoms with E-state index in [0.29, 0.717) is 26.1 Å². The fourth-order valence-corrected chi connectivity index (χ4v) is 3.89. The fraction of sp³-hybridized carbons (Fsp3) is 0.556. The van der Waals surface area contributed by atoms with Gasteiger partial charge in [0.1, 0.15) is 0 Å². The van der Waals surface area contributed by atoms with Gasteiger partial charge in [-0.25, -0.2) is 0 Å². The van der Waals surface area contributed by atoms with Crippen molar-refractivity contribution in [2.45, 2.75) is 18.9 Å². The number of carbonyl (C=O) groups excluding carboxylic acids is 2. The predicted octanol–water partition coefficient (Wildman–Crippen LogP) is 1.12. The second kappa shape index (κ2) is 9.22. The summed E-state index contributed by atoms with van der Waals surface area (Å²) in [5.41, 5.74) is 1.73. The number of rotatable bonds is 5. The molecule has 0 saturated carbocycles. The van der Waals surface area contributed by atoms with E-state index in [1.807, 2.05) is 40.9 Å². The minimum absolute atomic E-state index is 0.0300. The Morgan fingerprint density at radius 1 is 1.24 bits per heavy atom. The minimum Gasteiger partial charge on any atom is -0.378 e. The Balaban J connectivity index is 1.46. The maximum atomic E-state index is 12.3. The zero-order chi connectivity index (χ0) is 17.5. The Kier molecular flexibility index (Phi) is 6.72. The van der Waals surface area contributed by atoms with Gasteiger partial charge in [0.25, 0.3) is 0 Å². The van der Waals surface area contributed by atoms with Crippen LogP contribution in [0.3, 0.4) is 0 Å². The summed E-state index contributed by atoms with van der Waals surface area (Å²) in [6.45, 7) is 3.75. The number of hydrogen-bond acceptors (Lipinski definition) is 5. The van der Waals surface area contributed by atoms with E-state index in [0.717, 1.165) is 42.4 Å². The number of ether oxygens (including phenoxy) is 1. The zero-order valence-electron chi connectivity index (χ0n) is 14.3. The first-order valence-electron chi connectivity index (χ1n) is 8.76. The van der Waals surface area contributed by atoms with Crippen LogP contribution in [0, 0.1) is 0 Å². The number of amides is 2. The molecule has 7 heteroatoms. The lowest BCUT2D eigenvalue weighted by Gasteiger charge is -2.26. The van der Waals surface area contributed by atoms with Crippen molar-refractivity contribution < 1.29 is 14.3 Å². The van der Waals surface area contributed by atoms with Crippen LogP contribution in [0.25, 0.3) is 0 Å². The molecule has 1 aromatic carbocycles. The monoisotopic (exact) mass is 363 g/mol. The molecular weight excluding hydrogens is 338 g/mol. The number of benzene rings is 1. The number of nitrogens with one attached hydrogen (secondary N) is 2. The third kappa shape index (κ3) is 5.73. The van der Waals surface area contributed by atoms with Crippen LogP contribution in [0.2, 0.25) is 0 Å². The number of anilines is 1. The van der Waals surface area contributed by atoms with Crippen LogP contribution < -0.4 is 10.6 Å². The van der Waals surface area contributed by atoms with E-state index >= 15 is 0 Å². The summed E-state index contributed by atoms with van der Waals surface area (Å²) < 4.78 is 5.36. The molecule has 0 spiro atoms. The predicted molar refractivity (Wildman–Crippen MR) is 99.9 cm³/mol.